The van der Waals surface area contributed by atoms with Crippen LogP contribution in [0.2, 0.25) is 0 Å². The number of nitrogens with two attached hydrogens (primary N) is 1. The van der Waals surface area contributed by atoms with Gasteiger partial charge in [0.2, 0.25) is 15.9 Å². The van der Waals surface area contributed by atoms with Crippen molar-refractivity contribution >= 4 is 37.9 Å². The van der Waals surface area contributed by atoms with E-state index in [4.69, 9.17) is 14.6 Å². The van der Waals surface area contributed by atoms with Crippen LogP contribution in [-0.2, 0) is 21.2 Å². The predicted molar refractivity (Wildman–Crippen MR) is 122 cm³/mol. The van der Waals surface area contributed by atoms with E-state index in [9.17, 15) is 13.2 Å². The number of hydrogen-bond acceptors (Lipinski definition) is 7. The first-order valence-electron chi connectivity index (χ1n) is 9.39. The van der Waals surface area contributed by atoms with Crippen molar-refractivity contribution in [1.82, 2.24) is 9.38 Å². The Morgan fingerprint density at radius 1 is 1.16 bits per heavy atom. The van der Waals surface area contributed by atoms with Crippen LogP contribution in [-0.4, -0.2) is 37.9 Å². The maximum absolute atomic E-state index is 12.5. The van der Waals surface area contributed by atoms with E-state index in [1.807, 2.05) is 34.2 Å². The third-order valence-electron chi connectivity index (χ3n) is 4.77. The molecule has 32 heavy (non-hydrogen) atoms. The summed E-state index contributed by atoms with van der Waals surface area (Å²) in [5.41, 5.74) is 2.73. The number of primary sulfonamides is 1. The minimum absolute atomic E-state index is 0.0195. The number of anilines is 1. The number of ether oxygens (including phenoxy) is 2. The quantitative estimate of drug-likeness (QED) is 0.426. The molecule has 0 spiro atoms. The minimum atomic E-state index is -3.78. The average molecular weight is 473 g/mol. The highest BCUT2D eigenvalue weighted by molar-refractivity contribution is 7.89. The van der Waals surface area contributed by atoms with Gasteiger partial charge in [0.25, 0.3) is 0 Å². The Kier molecular flexibility index (Phi) is 5.87. The molecule has 2 aromatic heterocycles. The molecule has 0 fully saturated rings. The zero-order valence-electron chi connectivity index (χ0n) is 17.2. The van der Waals surface area contributed by atoms with Gasteiger partial charge in [0.05, 0.1) is 31.2 Å². The molecule has 0 aliphatic heterocycles. The predicted octanol–water partition coefficient (Wildman–Crippen LogP) is 2.91. The summed E-state index contributed by atoms with van der Waals surface area (Å²) in [5, 5.41) is 9.72. The lowest BCUT2D eigenvalue weighted by Gasteiger charge is -2.08. The van der Waals surface area contributed by atoms with E-state index < -0.39 is 10.0 Å². The van der Waals surface area contributed by atoms with E-state index in [0.717, 1.165) is 16.2 Å². The first kappa shape index (κ1) is 21.8. The molecule has 11 heteroatoms. The molecule has 2 heterocycles. The zero-order valence-corrected chi connectivity index (χ0v) is 18.9. The summed E-state index contributed by atoms with van der Waals surface area (Å²) in [6.45, 7) is 0. The Morgan fingerprint density at radius 3 is 2.56 bits per heavy atom. The maximum atomic E-state index is 12.5. The number of hydrogen-bond donors (Lipinski definition) is 2. The van der Waals surface area contributed by atoms with E-state index in [1.165, 1.54) is 35.6 Å². The third kappa shape index (κ3) is 4.44. The van der Waals surface area contributed by atoms with E-state index in [1.54, 1.807) is 14.2 Å². The van der Waals surface area contributed by atoms with Gasteiger partial charge in [0.1, 0.15) is 11.5 Å². The van der Waals surface area contributed by atoms with Gasteiger partial charge in [-0.1, -0.05) is 0 Å². The average Bonchev–Trinajstić information content (AvgIpc) is 3.35. The molecule has 0 bridgehead atoms. The van der Waals surface area contributed by atoms with Crippen LogP contribution in [0.4, 0.5) is 5.69 Å². The molecule has 0 saturated carbocycles. The van der Waals surface area contributed by atoms with Gasteiger partial charge in [-0.25, -0.2) is 18.5 Å². The molecule has 0 unspecified atom stereocenters. The molecule has 4 aromatic rings. The van der Waals surface area contributed by atoms with Crippen LogP contribution in [0.5, 0.6) is 11.5 Å². The smallest absolute Gasteiger partial charge is 0.238 e. The maximum Gasteiger partial charge on any atom is 0.238 e. The van der Waals surface area contributed by atoms with Crippen molar-refractivity contribution in [3.8, 4) is 22.8 Å². The normalized spacial score (nSPS) is 11.5. The van der Waals surface area contributed by atoms with E-state index >= 15 is 0 Å². The second kappa shape index (κ2) is 8.61. The number of benzene rings is 2. The summed E-state index contributed by atoms with van der Waals surface area (Å²) in [5.74, 6) is 1.10. The fourth-order valence-corrected chi connectivity index (χ4v) is 4.59. The number of rotatable bonds is 7. The highest BCUT2D eigenvalue weighted by atomic mass is 32.2. The largest absolute Gasteiger partial charge is 0.497 e. The lowest BCUT2D eigenvalue weighted by molar-refractivity contribution is -0.115. The first-order valence-corrected chi connectivity index (χ1v) is 11.8. The minimum Gasteiger partial charge on any atom is -0.497 e. The molecule has 4 rings (SSSR count). The van der Waals surface area contributed by atoms with Crippen LogP contribution in [0.1, 0.15) is 5.69 Å². The van der Waals surface area contributed by atoms with Crippen molar-refractivity contribution in [2.24, 2.45) is 5.14 Å². The molecule has 2 aromatic carbocycles. The standard InChI is InChI=1S/C21H20N4O5S2/c1-29-15-5-8-19(30-2)17(10-15)18-11-25-14(12-31-21(25)24-18)9-20(26)23-13-3-6-16(7-4-13)32(22,27)28/h3-8,10-12H,9H2,1-2H3,(H,23,26)(H2,22,27,28). The molecule has 9 nitrogen and oxygen atoms in total. The fraction of sp³-hybridized carbons (Fsp3) is 0.143. The highest BCUT2D eigenvalue weighted by Crippen LogP contribution is 2.34. The molecule has 1 amide bonds. The van der Waals surface area contributed by atoms with E-state index in [0.29, 0.717) is 22.9 Å². The van der Waals surface area contributed by atoms with Crippen LogP contribution < -0.4 is 19.9 Å². The lowest BCUT2D eigenvalue weighted by Crippen LogP contribution is -2.16. The van der Waals surface area contributed by atoms with Crippen molar-refractivity contribution in [1.29, 1.82) is 0 Å². The molecule has 0 radical (unpaired) electrons. The topological polar surface area (TPSA) is 125 Å². The summed E-state index contributed by atoms with van der Waals surface area (Å²) in [4.78, 5) is 17.9. The number of carbonyl (C=O) groups excluding carboxylic acids is 1. The molecular weight excluding hydrogens is 452 g/mol. The zero-order chi connectivity index (χ0) is 22.9. The fourth-order valence-electron chi connectivity index (χ4n) is 3.20. The van der Waals surface area contributed by atoms with Crippen molar-refractivity contribution in [3.63, 3.8) is 0 Å². The van der Waals surface area contributed by atoms with Crippen LogP contribution >= 0.6 is 11.3 Å². The molecule has 0 aliphatic rings. The number of nitrogens with one attached hydrogen (secondary N) is 1. The number of imidazole rings is 1. The molecular formula is C21H20N4O5S2. The van der Waals surface area contributed by atoms with Crippen LogP contribution in [0.3, 0.4) is 0 Å². The number of nitrogens with zero attached hydrogens (tertiary/aromatic N) is 2. The van der Waals surface area contributed by atoms with Gasteiger partial charge in [-0.2, -0.15) is 0 Å². The van der Waals surface area contributed by atoms with Gasteiger partial charge >= 0.3 is 0 Å². The molecule has 0 atom stereocenters. The molecule has 166 valence electrons. The van der Waals surface area contributed by atoms with Gasteiger partial charge in [0.15, 0.2) is 4.96 Å². The van der Waals surface area contributed by atoms with Crippen LogP contribution in [0, 0.1) is 0 Å². The van der Waals surface area contributed by atoms with Gasteiger partial charge in [-0.3, -0.25) is 9.20 Å². The van der Waals surface area contributed by atoms with Crippen molar-refractivity contribution in [2.45, 2.75) is 11.3 Å². The summed E-state index contributed by atoms with van der Waals surface area (Å²) in [6, 6.07) is 11.2. The number of methoxy groups -OCH3 is 2. The molecule has 0 saturated heterocycles. The number of thiazole rings is 1. The van der Waals surface area contributed by atoms with Crippen LogP contribution in [0.15, 0.2) is 58.9 Å². The summed E-state index contributed by atoms with van der Waals surface area (Å²) in [6.07, 6.45) is 1.97. The molecule has 0 aliphatic carbocycles. The Hall–Kier alpha value is -3.41. The highest BCUT2D eigenvalue weighted by Gasteiger charge is 2.16. The molecule has 3 N–H and O–H groups in total. The second-order valence-electron chi connectivity index (χ2n) is 6.87. The van der Waals surface area contributed by atoms with E-state index in [2.05, 4.69) is 10.3 Å². The number of fused-ring (bicyclic) bond motifs is 1. The van der Waals surface area contributed by atoms with Gasteiger partial charge < -0.3 is 14.8 Å². The Morgan fingerprint density at radius 2 is 1.91 bits per heavy atom. The monoisotopic (exact) mass is 472 g/mol. The third-order valence-corrected chi connectivity index (χ3v) is 6.59. The van der Waals surface area contributed by atoms with Crippen LogP contribution in [0.25, 0.3) is 16.2 Å². The van der Waals surface area contributed by atoms with Crippen molar-refractivity contribution in [2.75, 3.05) is 19.5 Å². The number of aromatic nitrogens is 2. The van der Waals surface area contributed by atoms with Gasteiger partial charge in [-0.15, -0.1) is 11.3 Å². The Bertz CT molecular complexity index is 1390. The van der Waals surface area contributed by atoms with E-state index in [-0.39, 0.29) is 17.2 Å². The Labute approximate surface area is 188 Å². The lowest BCUT2D eigenvalue weighted by atomic mass is 10.1. The summed E-state index contributed by atoms with van der Waals surface area (Å²) in [7, 11) is -0.596. The number of carbonyl (C=O) groups is 1. The second-order valence-corrected chi connectivity index (χ2v) is 9.26. The van der Waals surface area contributed by atoms with Crippen molar-refractivity contribution < 1.29 is 22.7 Å². The summed E-state index contributed by atoms with van der Waals surface area (Å²) >= 11 is 1.43. The van der Waals surface area contributed by atoms with Gasteiger partial charge in [0, 0.05) is 28.5 Å². The first-order chi connectivity index (χ1) is 15.3. The van der Waals surface area contributed by atoms with Gasteiger partial charge in [-0.05, 0) is 42.5 Å². The number of amides is 1. The van der Waals surface area contributed by atoms with Crippen molar-refractivity contribution in [3.05, 3.63) is 59.7 Å². The number of sulfonamides is 1. The summed E-state index contributed by atoms with van der Waals surface area (Å²) < 4.78 is 35.3. The SMILES string of the molecule is COc1ccc(OC)c(-c2cn3c(CC(=O)Nc4ccc(S(N)(=O)=O)cc4)csc3n2)c1. The Balaban J connectivity index is 1.55.